The van der Waals surface area contributed by atoms with E-state index in [9.17, 15) is 0 Å². The lowest BCUT2D eigenvalue weighted by Gasteiger charge is -2.00. The maximum Gasteiger partial charge on any atom is 0.0820 e. The number of hydrogen-bond acceptors (Lipinski definition) is 3. The zero-order chi connectivity index (χ0) is 8.81. The molecular formula is C8H12BrNOS. The van der Waals surface area contributed by atoms with Crippen LogP contribution in [0.5, 0.6) is 0 Å². The van der Waals surface area contributed by atoms with Crippen molar-refractivity contribution in [1.29, 1.82) is 0 Å². The molecule has 2 nitrogen and oxygen atoms in total. The Kier molecular flexibility index (Phi) is 4.83. The third-order valence-electron chi connectivity index (χ3n) is 1.42. The summed E-state index contributed by atoms with van der Waals surface area (Å²) in [6.07, 6.45) is 0.934. The first kappa shape index (κ1) is 10.2. The molecule has 0 spiro atoms. The van der Waals surface area contributed by atoms with Crippen molar-refractivity contribution in [1.82, 2.24) is 0 Å². The molecule has 4 heteroatoms. The highest BCUT2D eigenvalue weighted by molar-refractivity contribution is 9.10. The topological polar surface area (TPSA) is 35.2 Å². The van der Waals surface area contributed by atoms with Gasteiger partial charge in [-0.1, -0.05) is 0 Å². The SMILES string of the molecule is NCCCOCc1sccc1Br. The Hall–Kier alpha value is 0.100. The molecule has 1 aromatic heterocycles. The second-order valence-electron chi connectivity index (χ2n) is 2.39. The average molecular weight is 250 g/mol. The number of thiophene rings is 1. The van der Waals surface area contributed by atoms with Crippen molar-refractivity contribution in [2.24, 2.45) is 5.73 Å². The molecule has 0 aliphatic rings. The third kappa shape index (κ3) is 3.23. The van der Waals surface area contributed by atoms with E-state index in [1.807, 2.05) is 11.4 Å². The van der Waals surface area contributed by atoms with E-state index in [4.69, 9.17) is 10.5 Å². The standard InChI is InChI=1S/C8H12BrNOS/c9-7-2-5-12-8(7)6-11-4-1-3-10/h2,5H,1,3-4,6,10H2. The van der Waals surface area contributed by atoms with Crippen LogP contribution in [0.25, 0.3) is 0 Å². The summed E-state index contributed by atoms with van der Waals surface area (Å²) < 4.78 is 6.54. The van der Waals surface area contributed by atoms with Crippen LogP contribution in [-0.2, 0) is 11.3 Å². The van der Waals surface area contributed by atoms with E-state index in [1.165, 1.54) is 4.88 Å². The summed E-state index contributed by atoms with van der Waals surface area (Å²) >= 11 is 5.15. The van der Waals surface area contributed by atoms with Gasteiger partial charge in [0.2, 0.25) is 0 Å². The predicted molar refractivity (Wildman–Crippen MR) is 55.3 cm³/mol. The van der Waals surface area contributed by atoms with Gasteiger partial charge in [-0.05, 0) is 40.3 Å². The van der Waals surface area contributed by atoms with Gasteiger partial charge >= 0.3 is 0 Å². The molecule has 0 fully saturated rings. The summed E-state index contributed by atoms with van der Waals surface area (Å²) in [6.45, 7) is 2.14. The Labute approximate surface area is 84.9 Å². The first-order valence-corrected chi connectivity index (χ1v) is 5.51. The van der Waals surface area contributed by atoms with Gasteiger partial charge in [-0.3, -0.25) is 0 Å². The highest BCUT2D eigenvalue weighted by Crippen LogP contribution is 2.23. The molecule has 68 valence electrons. The van der Waals surface area contributed by atoms with E-state index < -0.39 is 0 Å². The Morgan fingerprint density at radius 3 is 3.00 bits per heavy atom. The maximum absolute atomic E-state index is 5.40. The van der Waals surface area contributed by atoms with Crippen LogP contribution in [-0.4, -0.2) is 13.2 Å². The molecule has 0 radical (unpaired) electrons. The molecule has 1 heterocycles. The summed E-state index contributed by atoms with van der Waals surface area (Å²) in [5.74, 6) is 0. The molecule has 0 aliphatic heterocycles. The van der Waals surface area contributed by atoms with Gasteiger partial charge in [-0.25, -0.2) is 0 Å². The van der Waals surface area contributed by atoms with Gasteiger partial charge in [-0.2, -0.15) is 0 Å². The lowest BCUT2D eigenvalue weighted by atomic mass is 10.4. The summed E-state index contributed by atoms with van der Waals surface area (Å²) in [7, 11) is 0. The van der Waals surface area contributed by atoms with Crippen molar-refractivity contribution < 1.29 is 4.74 Å². The number of hydrogen-bond donors (Lipinski definition) is 1. The molecule has 0 unspecified atom stereocenters. The number of rotatable bonds is 5. The molecule has 0 aromatic carbocycles. The Morgan fingerprint density at radius 2 is 2.42 bits per heavy atom. The molecule has 0 saturated carbocycles. The van der Waals surface area contributed by atoms with E-state index in [0.29, 0.717) is 13.2 Å². The molecule has 0 saturated heterocycles. The van der Waals surface area contributed by atoms with Crippen molar-refractivity contribution in [3.63, 3.8) is 0 Å². The Bertz CT molecular complexity index is 227. The molecule has 0 amide bonds. The summed E-state index contributed by atoms with van der Waals surface area (Å²) in [5, 5.41) is 2.05. The predicted octanol–water partition coefficient (Wildman–Crippen LogP) is 2.38. The van der Waals surface area contributed by atoms with Crippen LogP contribution >= 0.6 is 27.3 Å². The monoisotopic (exact) mass is 249 g/mol. The Morgan fingerprint density at radius 1 is 1.58 bits per heavy atom. The second kappa shape index (κ2) is 5.70. The average Bonchev–Trinajstić information content (AvgIpc) is 2.46. The molecule has 2 N–H and O–H groups in total. The van der Waals surface area contributed by atoms with E-state index in [-0.39, 0.29) is 0 Å². The van der Waals surface area contributed by atoms with Gasteiger partial charge in [0.05, 0.1) is 6.61 Å². The van der Waals surface area contributed by atoms with Crippen molar-refractivity contribution in [2.45, 2.75) is 13.0 Å². The van der Waals surface area contributed by atoms with Gasteiger partial charge in [0.25, 0.3) is 0 Å². The number of halogens is 1. The van der Waals surface area contributed by atoms with Crippen LogP contribution in [0.15, 0.2) is 15.9 Å². The van der Waals surface area contributed by atoms with Crippen LogP contribution in [0.1, 0.15) is 11.3 Å². The normalized spacial score (nSPS) is 10.5. The van der Waals surface area contributed by atoms with Crippen molar-refractivity contribution >= 4 is 27.3 Å². The summed E-state index contributed by atoms with van der Waals surface area (Å²) in [5.41, 5.74) is 5.33. The van der Waals surface area contributed by atoms with Crippen LogP contribution in [0.2, 0.25) is 0 Å². The van der Waals surface area contributed by atoms with E-state index in [1.54, 1.807) is 11.3 Å². The van der Waals surface area contributed by atoms with Gasteiger partial charge in [0.1, 0.15) is 0 Å². The zero-order valence-electron chi connectivity index (χ0n) is 6.75. The quantitative estimate of drug-likeness (QED) is 0.814. The van der Waals surface area contributed by atoms with E-state index in [0.717, 1.165) is 17.5 Å². The van der Waals surface area contributed by atoms with Gasteiger partial charge in [0, 0.05) is 16.0 Å². The second-order valence-corrected chi connectivity index (χ2v) is 4.24. The smallest absolute Gasteiger partial charge is 0.0820 e. The number of nitrogens with two attached hydrogens (primary N) is 1. The lowest BCUT2D eigenvalue weighted by molar-refractivity contribution is 0.121. The van der Waals surface area contributed by atoms with Crippen LogP contribution < -0.4 is 5.73 Å². The zero-order valence-corrected chi connectivity index (χ0v) is 9.16. The van der Waals surface area contributed by atoms with Crippen molar-refractivity contribution in [2.75, 3.05) is 13.2 Å². The molecule has 0 aliphatic carbocycles. The molecular weight excluding hydrogens is 238 g/mol. The highest BCUT2D eigenvalue weighted by Gasteiger charge is 1.99. The van der Waals surface area contributed by atoms with E-state index in [2.05, 4.69) is 15.9 Å². The lowest BCUT2D eigenvalue weighted by Crippen LogP contribution is -2.03. The Balaban J connectivity index is 2.20. The minimum Gasteiger partial charge on any atom is -0.376 e. The first-order chi connectivity index (χ1) is 5.84. The highest BCUT2D eigenvalue weighted by atomic mass is 79.9. The summed E-state index contributed by atoms with van der Waals surface area (Å²) in [4.78, 5) is 1.24. The van der Waals surface area contributed by atoms with Crippen LogP contribution in [0.3, 0.4) is 0 Å². The molecule has 0 atom stereocenters. The van der Waals surface area contributed by atoms with Crippen LogP contribution in [0.4, 0.5) is 0 Å². The first-order valence-electron chi connectivity index (χ1n) is 3.84. The molecule has 12 heavy (non-hydrogen) atoms. The van der Waals surface area contributed by atoms with Crippen LogP contribution in [0, 0.1) is 0 Å². The fourth-order valence-corrected chi connectivity index (χ4v) is 2.18. The number of ether oxygens (including phenoxy) is 1. The molecule has 0 bridgehead atoms. The van der Waals surface area contributed by atoms with E-state index >= 15 is 0 Å². The van der Waals surface area contributed by atoms with Crippen molar-refractivity contribution in [3.05, 3.63) is 20.8 Å². The third-order valence-corrected chi connectivity index (χ3v) is 3.32. The molecule has 1 aromatic rings. The molecule has 1 rings (SSSR count). The minimum atomic E-state index is 0.693. The van der Waals surface area contributed by atoms with Gasteiger partial charge in [-0.15, -0.1) is 11.3 Å². The van der Waals surface area contributed by atoms with Crippen molar-refractivity contribution in [3.8, 4) is 0 Å². The minimum absolute atomic E-state index is 0.693. The maximum atomic E-state index is 5.40. The van der Waals surface area contributed by atoms with Gasteiger partial charge in [0.15, 0.2) is 0 Å². The largest absolute Gasteiger partial charge is 0.376 e. The fourth-order valence-electron chi connectivity index (χ4n) is 0.778. The summed E-state index contributed by atoms with van der Waals surface area (Å²) in [6, 6.07) is 2.03. The fraction of sp³-hybridized carbons (Fsp3) is 0.500. The van der Waals surface area contributed by atoms with Gasteiger partial charge < -0.3 is 10.5 Å².